The second-order valence-corrected chi connectivity index (χ2v) is 11.4. The molecule has 2 aliphatic heterocycles. The van der Waals surface area contributed by atoms with Crippen LogP contribution in [0.2, 0.25) is 0 Å². The van der Waals surface area contributed by atoms with Gasteiger partial charge < -0.3 is 0 Å². The van der Waals surface area contributed by atoms with E-state index in [1.165, 1.54) is 44.3 Å². The summed E-state index contributed by atoms with van der Waals surface area (Å²) in [5.41, 5.74) is 1.31. The van der Waals surface area contributed by atoms with Crippen molar-refractivity contribution in [3.05, 3.63) is 23.8 Å². The third-order valence-electron chi connectivity index (χ3n) is 8.96. The van der Waals surface area contributed by atoms with Gasteiger partial charge in [-0.05, 0) is 75.7 Å². The van der Waals surface area contributed by atoms with Crippen molar-refractivity contribution in [1.29, 1.82) is 0 Å². The number of aromatic nitrogens is 2. The Morgan fingerprint density at radius 2 is 1.61 bits per heavy atom. The van der Waals surface area contributed by atoms with Crippen LogP contribution < -0.4 is 0 Å². The first-order valence-corrected chi connectivity index (χ1v) is 12.7. The molecule has 0 radical (unpaired) electrons. The molecule has 0 spiro atoms. The zero-order valence-electron chi connectivity index (χ0n) is 19.8. The number of rotatable bonds is 6. The van der Waals surface area contributed by atoms with Crippen LogP contribution in [0.15, 0.2) is 12.4 Å². The first-order chi connectivity index (χ1) is 14.9. The lowest BCUT2D eigenvalue weighted by Gasteiger charge is -2.47. The highest BCUT2D eigenvalue weighted by atomic mass is 16.1. The maximum atomic E-state index is 12.6. The fourth-order valence-corrected chi connectivity index (χ4v) is 7.12. The van der Waals surface area contributed by atoms with Gasteiger partial charge in [-0.2, -0.15) is 0 Å². The second-order valence-electron chi connectivity index (χ2n) is 11.4. The van der Waals surface area contributed by atoms with E-state index in [2.05, 4.69) is 49.9 Å². The molecule has 6 rings (SSSR count). The second kappa shape index (κ2) is 8.55. The molecule has 3 saturated carbocycles. The molecule has 3 aliphatic carbocycles. The van der Waals surface area contributed by atoms with Crippen molar-refractivity contribution in [3.63, 3.8) is 0 Å². The predicted octanol–water partition coefficient (Wildman–Crippen LogP) is 4.28. The largest absolute Gasteiger partial charge is 0.299 e. The number of ketones is 1. The molecule has 1 aromatic heterocycles. The van der Waals surface area contributed by atoms with Crippen LogP contribution in [0.1, 0.15) is 83.5 Å². The van der Waals surface area contributed by atoms with E-state index < -0.39 is 0 Å². The summed E-state index contributed by atoms with van der Waals surface area (Å²) in [6.45, 7) is 12.0. The lowest BCUT2D eigenvalue weighted by molar-refractivity contribution is -0.131. The summed E-state index contributed by atoms with van der Waals surface area (Å²) < 4.78 is 0. The molecule has 5 fully saturated rings. The SMILES string of the molecule is CC(C)C(=O)[C@H]1CC2CCC1C[C@@H]2c1cnc(CN2C3CCC2CN(C(C)C)C3)nc1. The number of hydrogen-bond donors (Lipinski definition) is 0. The summed E-state index contributed by atoms with van der Waals surface area (Å²) in [5.74, 6) is 3.69. The maximum Gasteiger partial charge on any atom is 0.142 e. The van der Waals surface area contributed by atoms with E-state index in [0.29, 0.717) is 47.6 Å². The van der Waals surface area contributed by atoms with Crippen molar-refractivity contribution in [1.82, 2.24) is 19.8 Å². The van der Waals surface area contributed by atoms with E-state index in [1.807, 2.05) is 0 Å². The first kappa shape index (κ1) is 21.5. The van der Waals surface area contributed by atoms with E-state index >= 15 is 0 Å². The Hall–Kier alpha value is -1.33. The highest BCUT2D eigenvalue weighted by Gasteiger charge is 2.45. The maximum absolute atomic E-state index is 12.6. The number of carbonyl (C=O) groups excluding carboxylic acids is 1. The lowest BCUT2D eigenvalue weighted by atomic mass is 9.57. The van der Waals surface area contributed by atoms with Gasteiger partial charge >= 0.3 is 0 Å². The van der Waals surface area contributed by atoms with Crippen LogP contribution in [-0.2, 0) is 11.3 Å². The summed E-state index contributed by atoms with van der Waals surface area (Å²) in [5, 5.41) is 0. The fourth-order valence-electron chi connectivity index (χ4n) is 7.12. The number of carbonyl (C=O) groups is 1. The van der Waals surface area contributed by atoms with E-state index in [-0.39, 0.29) is 5.92 Å². The van der Waals surface area contributed by atoms with Crippen molar-refractivity contribution in [2.24, 2.45) is 23.7 Å². The summed E-state index contributed by atoms with van der Waals surface area (Å²) in [4.78, 5) is 27.6. The van der Waals surface area contributed by atoms with Gasteiger partial charge in [0.1, 0.15) is 11.6 Å². The Morgan fingerprint density at radius 1 is 0.968 bits per heavy atom. The number of piperazine rings is 1. The molecule has 170 valence electrons. The number of Topliss-reactive ketones (excluding diaryl/α,β-unsaturated/α-hetero) is 1. The first-order valence-electron chi connectivity index (χ1n) is 12.7. The Morgan fingerprint density at radius 3 is 2.16 bits per heavy atom. The molecule has 4 bridgehead atoms. The monoisotopic (exact) mass is 424 g/mol. The smallest absolute Gasteiger partial charge is 0.142 e. The molecule has 0 N–H and O–H groups in total. The van der Waals surface area contributed by atoms with Gasteiger partial charge in [0, 0.05) is 55.4 Å². The summed E-state index contributed by atoms with van der Waals surface area (Å²) >= 11 is 0. The van der Waals surface area contributed by atoms with Crippen molar-refractivity contribution in [2.75, 3.05) is 13.1 Å². The topological polar surface area (TPSA) is 49.3 Å². The molecule has 3 heterocycles. The minimum absolute atomic E-state index is 0.170. The van der Waals surface area contributed by atoms with Crippen molar-refractivity contribution in [2.45, 2.75) is 96.8 Å². The third kappa shape index (κ3) is 4.08. The van der Waals surface area contributed by atoms with Crippen LogP contribution >= 0.6 is 0 Å². The van der Waals surface area contributed by atoms with Crippen LogP contribution in [0.4, 0.5) is 0 Å². The van der Waals surface area contributed by atoms with Gasteiger partial charge in [-0.1, -0.05) is 13.8 Å². The molecule has 5 heteroatoms. The van der Waals surface area contributed by atoms with Crippen molar-refractivity contribution >= 4 is 5.78 Å². The van der Waals surface area contributed by atoms with Gasteiger partial charge in [0.2, 0.25) is 0 Å². The quantitative estimate of drug-likeness (QED) is 0.682. The molecular formula is C26H40N4O. The fraction of sp³-hybridized carbons (Fsp3) is 0.808. The zero-order valence-corrected chi connectivity index (χ0v) is 19.8. The third-order valence-corrected chi connectivity index (χ3v) is 8.96. The number of nitrogens with zero attached hydrogens (tertiary/aromatic N) is 4. The van der Waals surface area contributed by atoms with Gasteiger partial charge in [0.15, 0.2) is 0 Å². The molecule has 2 saturated heterocycles. The summed E-state index contributed by atoms with van der Waals surface area (Å²) in [6.07, 6.45) is 11.6. The minimum atomic E-state index is 0.170. The summed E-state index contributed by atoms with van der Waals surface area (Å²) in [6, 6.07) is 1.96. The average Bonchev–Trinajstić information content (AvgIpc) is 3.00. The molecule has 4 unspecified atom stereocenters. The lowest BCUT2D eigenvalue weighted by Crippen LogP contribution is -2.55. The Bertz CT molecular complexity index is 777. The van der Waals surface area contributed by atoms with Gasteiger partial charge in [-0.25, -0.2) is 9.97 Å². The van der Waals surface area contributed by atoms with Crippen LogP contribution in [0.25, 0.3) is 0 Å². The van der Waals surface area contributed by atoms with Gasteiger partial charge in [0.25, 0.3) is 0 Å². The van der Waals surface area contributed by atoms with Crippen molar-refractivity contribution < 1.29 is 4.79 Å². The van der Waals surface area contributed by atoms with E-state index in [0.717, 1.165) is 25.2 Å². The van der Waals surface area contributed by atoms with Crippen LogP contribution in [0, 0.1) is 23.7 Å². The average molecular weight is 425 g/mol. The molecule has 6 atom stereocenters. The molecule has 0 aromatic carbocycles. The van der Waals surface area contributed by atoms with Crippen molar-refractivity contribution in [3.8, 4) is 0 Å². The molecular weight excluding hydrogens is 384 g/mol. The Kier molecular flexibility index (Phi) is 5.93. The van der Waals surface area contributed by atoms with Gasteiger partial charge in [-0.15, -0.1) is 0 Å². The minimum Gasteiger partial charge on any atom is -0.299 e. The van der Waals surface area contributed by atoms with E-state index in [4.69, 9.17) is 9.97 Å². The number of fused-ring (bicyclic) bond motifs is 5. The predicted molar refractivity (Wildman–Crippen MR) is 123 cm³/mol. The number of likely N-dealkylation sites (tertiary alicyclic amines) is 1. The highest BCUT2D eigenvalue weighted by Crippen LogP contribution is 2.52. The number of hydrogen-bond acceptors (Lipinski definition) is 5. The normalized spacial score (nSPS) is 35.9. The van der Waals surface area contributed by atoms with Gasteiger partial charge in [0.05, 0.1) is 6.54 Å². The standard InChI is InChI=1S/C26H40N4O/c1-16(2)26(31)24-10-18-5-6-19(24)9-23(18)20-11-27-25(28-12-20)15-30-21-7-8-22(30)14-29(13-21)17(3)4/h11-12,16-19,21-24H,5-10,13-15H2,1-4H3/t18?,19?,21?,22?,23-,24-/m0/s1. The summed E-state index contributed by atoms with van der Waals surface area (Å²) in [7, 11) is 0. The van der Waals surface area contributed by atoms with Crippen LogP contribution in [0.3, 0.4) is 0 Å². The molecule has 5 nitrogen and oxygen atoms in total. The molecule has 5 aliphatic rings. The van der Waals surface area contributed by atoms with Gasteiger partial charge in [-0.3, -0.25) is 14.6 Å². The Labute approximate surface area is 188 Å². The highest BCUT2D eigenvalue weighted by molar-refractivity contribution is 5.83. The van der Waals surface area contributed by atoms with Crippen LogP contribution in [-0.4, -0.2) is 56.8 Å². The molecule has 0 amide bonds. The zero-order chi connectivity index (χ0) is 21.7. The van der Waals surface area contributed by atoms with E-state index in [9.17, 15) is 4.79 Å². The molecule has 31 heavy (non-hydrogen) atoms. The van der Waals surface area contributed by atoms with E-state index in [1.54, 1.807) is 0 Å². The Balaban J connectivity index is 1.22. The molecule has 1 aromatic rings. The van der Waals surface area contributed by atoms with Crippen LogP contribution in [0.5, 0.6) is 0 Å².